The summed E-state index contributed by atoms with van der Waals surface area (Å²) in [7, 11) is 0.305. The van der Waals surface area contributed by atoms with Gasteiger partial charge in [0.15, 0.2) is 6.61 Å². The minimum absolute atomic E-state index is 0.0278. The van der Waals surface area contributed by atoms with E-state index in [1.807, 2.05) is 0 Å². The summed E-state index contributed by atoms with van der Waals surface area (Å²) in [6.45, 7) is 1.68. The van der Waals surface area contributed by atoms with Crippen molar-refractivity contribution in [2.45, 2.75) is 43.5 Å². The number of hydrogen-bond acceptors (Lipinski definition) is 6. The van der Waals surface area contributed by atoms with Crippen LogP contribution in [0.15, 0.2) is 23.1 Å². The fourth-order valence-electron chi connectivity index (χ4n) is 3.20. The van der Waals surface area contributed by atoms with E-state index >= 15 is 0 Å². The molecule has 9 heteroatoms. The van der Waals surface area contributed by atoms with Crippen molar-refractivity contribution in [1.29, 1.82) is 0 Å². The van der Waals surface area contributed by atoms with Crippen molar-refractivity contribution >= 4 is 21.9 Å². The average Bonchev–Trinajstić information content (AvgIpc) is 2.67. The maximum Gasteiger partial charge on any atom is 0.338 e. The Kier molecular flexibility index (Phi) is 7.42. The van der Waals surface area contributed by atoms with Gasteiger partial charge in [0, 0.05) is 20.1 Å². The van der Waals surface area contributed by atoms with Gasteiger partial charge in [-0.2, -0.15) is 0 Å². The van der Waals surface area contributed by atoms with Crippen LogP contribution in [0.2, 0.25) is 0 Å². The van der Waals surface area contributed by atoms with Crippen LogP contribution in [-0.4, -0.2) is 58.5 Å². The minimum Gasteiger partial charge on any atom is -0.495 e. The Bertz CT molecular complexity index is 822. The zero-order chi connectivity index (χ0) is 20.9. The smallest absolute Gasteiger partial charge is 0.338 e. The van der Waals surface area contributed by atoms with Crippen molar-refractivity contribution in [3.05, 3.63) is 23.8 Å². The van der Waals surface area contributed by atoms with E-state index in [0.717, 1.165) is 30.0 Å². The fourth-order valence-corrected chi connectivity index (χ4v) is 4.27. The molecule has 1 aliphatic rings. The normalized spacial score (nSPS) is 19.9. The molecular formula is C19H28N2O6S. The monoisotopic (exact) mass is 412 g/mol. The molecular weight excluding hydrogens is 384 g/mol. The lowest BCUT2D eigenvalue weighted by molar-refractivity contribution is -0.125. The van der Waals surface area contributed by atoms with Gasteiger partial charge >= 0.3 is 5.97 Å². The maximum atomic E-state index is 12.4. The van der Waals surface area contributed by atoms with Crippen molar-refractivity contribution in [2.24, 2.45) is 5.92 Å². The molecule has 1 fully saturated rings. The summed E-state index contributed by atoms with van der Waals surface area (Å²) >= 11 is 0. The number of carbonyl (C=O) groups is 2. The van der Waals surface area contributed by atoms with Gasteiger partial charge in [0.1, 0.15) is 10.6 Å². The number of nitrogens with zero attached hydrogens (tertiary/aromatic N) is 1. The predicted octanol–water partition coefficient (Wildman–Crippen LogP) is 1.80. The van der Waals surface area contributed by atoms with Crippen molar-refractivity contribution in [3.8, 4) is 5.75 Å². The van der Waals surface area contributed by atoms with Gasteiger partial charge in [-0.25, -0.2) is 17.5 Å². The second-order valence-corrected chi connectivity index (χ2v) is 9.29. The van der Waals surface area contributed by atoms with Gasteiger partial charge in [-0.1, -0.05) is 19.8 Å². The van der Waals surface area contributed by atoms with Gasteiger partial charge in [-0.15, -0.1) is 0 Å². The quantitative estimate of drug-likeness (QED) is 0.685. The molecule has 0 saturated heterocycles. The molecule has 1 aromatic carbocycles. The summed E-state index contributed by atoms with van der Waals surface area (Å²) in [5.41, 5.74) is 0.0278. The van der Waals surface area contributed by atoms with E-state index in [1.165, 1.54) is 39.4 Å². The van der Waals surface area contributed by atoms with E-state index in [1.54, 1.807) is 0 Å². The topological polar surface area (TPSA) is 102 Å². The average molecular weight is 413 g/mol. The van der Waals surface area contributed by atoms with Gasteiger partial charge in [-0.3, -0.25) is 4.79 Å². The molecule has 0 aromatic heterocycles. The first-order valence-corrected chi connectivity index (χ1v) is 10.7. The number of ether oxygens (including phenoxy) is 2. The van der Waals surface area contributed by atoms with Crippen molar-refractivity contribution in [1.82, 2.24) is 9.62 Å². The fraction of sp³-hybridized carbons (Fsp3) is 0.579. The molecule has 0 unspecified atom stereocenters. The predicted molar refractivity (Wildman–Crippen MR) is 104 cm³/mol. The summed E-state index contributed by atoms with van der Waals surface area (Å²) in [5.74, 6) is -0.616. The zero-order valence-electron chi connectivity index (χ0n) is 16.7. The molecule has 0 spiro atoms. The summed E-state index contributed by atoms with van der Waals surface area (Å²) < 4.78 is 36.1. The van der Waals surface area contributed by atoms with Crippen LogP contribution in [0.3, 0.4) is 0 Å². The van der Waals surface area contributed by atoms with Crippen LogP contribution in [0.25, 0.3) is 0 Å². The van der Waals surface area contributed by atoms with Gasteiger partial charge in [-0.05, 0) is 37.0 Å². The second-order valence-electron chi connectivity index (χ2n) is 7.16. The molecule has 1 aliphatic carbocycles. The standard InChI is InChI=1S/C19H28N2O6S/c1-13-7-5-6-8-15(13)20-18(22)12-27-19(23)14-9-10-16(26-4)17(11-14)28(24,25)21(2)3/h9-11,13,15H,5-8,12H2,1-4H3,(H,20,22)/t13-,15+/m0/s1. The van der Waals surface area contributed by atoms with Gasteiger partial charge in [0.25, 0.3) is 5.91 Å². The first-order valence-electron chi connectivity index (χ1n) is 9.24. The largest absolute Gasteiger partial charge is 0.495 e. The molecule has 2 rings (SSSR count). The number of benzene rings is 1. The van der Waals surface area contributed by atoms with E-state index in [4.69, 9.17) is 9.47 Å². The summed E-state index contributed by atoms with van der Waals surface area (Å²) in [6.07, 6.45) is 4.23. The summed E-state index contributed by atoms with van der Waals surface area (Å²) in [4.78, 5) is 24.3. The number of esters is 1. The minimum atomic E-state index is -3.81. The number of carbonyl (C=O) groups excluding carboxylic acids is 2. The maximum absolute atomic E-state index is 12.4. The first kappa shape index (κ1) is 22.2. The molecule has 0 heterocycles. The number of nitrogens with one attached hydrogen (secondary N) is 1. The van der Waals surface area contributed by atoms with Crippen LogP contribution in [0, 0.1) is 5.92 Å². The van der Waals surface area contributed by atoms with E-state index in [9.17, 15) is 18.0 Å². The van der Waals surface area contributed by atoms with Crippen molar-refractivity contribution in [2.75, 3.05) is 27.8 Å². The van der Waals surface area contributed by atoms with E-state index in [2.05, 4.69) is 12.2 Å². The third kappa shape index (κ3) is 5.23. The molecule has 1 N–H and O–H groups in total. The lowest BCUT2D eigenvalue weighted by atomic mass is 9.86. The Morgan fingerprint density at radius 1 is 1.21 bits per heavy atom. The zero-order valence-corrected chi connectivity index (χ0v) is 17.5. The Balaban J connectivity index is 2.05. The second kappa shape index (κ2) is 9.38. The SMILES string of the molecule is COc1ccc(C(=O)OCC(=O)N[C@@H]2CCCC[C@@H]2C)cc1S(=O)(=O)N(C)C. The van der Waals surface area contributed by atoms with Gasteiger partial charge in [0.2, 0.25) is 10.0 Å². The highest BCUT2D eigenvalue weighted by atomic mass is 32.2. The summed E-state index contributed by atoms with van der Waals surface area (Å²) in [5, 5.41) is 2.91. The lowest BCUT2D eigenvalue weighted by Gasteiger charge is -2.29. The Labute approximate surface area is 166 Å². The highest BCUT2D eigenvalue weighted by Gasteiger charge is 2.25. The number of methoxy groups -OCH3 is 1. The molecule has 0 bridgehead atoms. The first-order chi connectivity index (χ1) is 13.2. The van der Waals surface area contributed by atoms with Crippen LogP contribution < -0.4 is 10.1 Å². The molecule has 8 nitrogen and oxygen atoms in total. The molecule has 0 radical (unpaired) electrons. The molecule has 2 atom stereocenters. The van der Waals surface area contributed by atoms with E-state index in [0.29, 0.717) is 5.92 Å². The number of sulfonamides is 1. The van der Waals surface area contributed by atoms with Crippen molar-refractivity contribution in [3.63, 3.8) is 0 Å². The van der Waals surface area contributed by atoms with Crippen molar-refractivity contribution < 1.29 is 27.5 Å². The highest BCUT2D eigenvalue weighted by Crippen LogP contribution is 2.27. The highest BCUT2D eigenvalue weighted by molar-refractivity contribution is 7.89. The Hall–Kier alpha value is -2.13. The molecule has 28 heavy (non-hydrogen) atoms. The third-order valence-electron chi connectivity index (χ3n) is 4.95. The van der Waals surface area contributed by atoms with Crippen LogP contribution in [0.1, 0.15) is 43.0 Å². The Morgan fingerprint density at radius 3 is 2.50 bits per heavy atom. The van der Waals surface area contributed by atoms with E-state index < -0.39 is 22.6 Å². The van der Waals surface area contributed by atoms with Crippen LogP contribution in [0.5, 0.6) is 5.75 Å². The lowest BCUT2D eigenvalue weighted by Crippen LogP contribution is -2.42. The molecule has 156 valence electrons. The number of amides is 1. The van der Waals surface area contributed by atoms with Gasteiger partial charge < -0.3 is 14.8 Å². The van der Waals surface area contributed by atoms with Crippen LogP contribution in [0.4, 0.5) is 0 Å². The number of hydrogen-bond donors (Lipinski definition) is 1. The molecule has 1 aromatic rings. The van der Waals surface area contributed by atoms with Gasteiger partial charge in [0.05, 0.1) is 12.7 Å². The molecule has 0 aliphatic heterocycles. The molecule has 1 saturated carbocycles. The Morgan fingerprint density at radius 2 is 1.89 bits per heavy atom. The summed E-state index contributed by atoms with van der Waals surface area (Å²) in [6, 6.07) is 4.07. The van der Waals surface area contributed by atoms with E-state index in [-0.39, 0.29) is 28.2 Å². The molecule has 1 amide bonds. The van der Waals surface area contributed by atoms with Crippen LogP contribution >= 0.6 is 0 Å². The van der Waals surface area contributed by atoms with Crippen LogP contribution in [-0.2, 0) is 19.6 Å². The number of rotatable bonds is 7. The third-order valence-corrected chi connectivity index (χ3v) is 6.79.